The molecule has 0 radical (unpaired) electrons. The van der Waals surface area contributed by atoms with Gasteiger partial charge in [0.1, 0.15) is 18.4 Å². The summed E-state index contributed by atoms with van der Waals surface area (Å²) in [4.78, 5) is 35.7. The lowest BCUT2D eigenvalue weighted by molar-refractivity contribution is -1.07. The van der Waals surface area contributed by atoms with Crippen LogP contribution in [0.1, 0.15) is 75.5 Å². The van der Waals surface area contributed by atoms with Crippen molar-refractivity contribution >= 4 is 23.1 Å². The van der Waals surface area contributed by atoms with Gasteiger partial charge in [-0.25, -0.2) is 4.79 Å². The number of hydrogen-bond donors (Lipinski definition) is 0. The number of amides is 1. The highest BCUT2D eigenvalue weighted by atomic mass is 16.8. The molecule has 222 valence electrons. The Morgan fingerprint density at radius 1 is 1.00 bits per heavy atom. The molecule has 0 saturated carbocycles. The van der Waals surface area contributed by atoms with E-state index in [1.165, 1.54) is 5.57 Å². The predicted molar refractivity (Wildman–Crippen MR) is 170 cm³/mol. The second kappa shape index (κ2) is 11.9. The van der Waals surface area contributed by atoms with E-state index in [9.17, 15) is 9.59 Å². The minimum atomic E-state index is -0.788. The van der Waals surface area contributed by atoms with E-state index < -0.39 is 5.41 Å². The molecule has 0 bridgehead atoms. The number of nitrogens with zero attached hydrogens (tertiary/aromatic N) is 3. The van der Waals surface area contributed by atoms with Gasteiger partial charge >= 0.3 is 11.9 Å². The standard InChI is InChI=1S/C37H42N3O3/c1-4-6-15-24-37(3)26-29(5-2)34(30-19-11-8-12-20-30)31-21-13-14-22-32(31)38-35(41)33-23-16-25-40(33,39(38)43-36(37)42)27-28-17-9-7-10-18-28/h4,7-14,17-22,33H,1,5-6,15-16,23-27H2,2-3H3/q+1/b34-29+/t33-,37+,40?/m0/s1. The van der Waals surface area contributed by atoms with Crippen LogP contribution < -0.4 is 5.01 Å². The second-order valence-electron chi connectivity index (χ2n) is 12.4. The van der Waals surface area contributed by atoms with Crippen LogP contribution in [0.5, 0.6) is 0 Å². The third-order valence-electron chi connectivity index (χ3n) is 9.55. The van der Waals surface area contributed by atoms with Crippen molar-refractivity contribution in [3.63, 3.8) is 0 Å². The molecule has 3 atom stereocenters. The van der Waals surface area contributed by atoms with Crippen LogP contribution in [-0.2, 0) is 21.0 Å². The van der Waals surface area contributed by atoms with Gasteiger partial charge in [0.15, 0.2) is 6.04 Å². The van der Waals surface area contributed by atoms with E-state index in [0.29, 0.717) is 25.9 Å². The monoisotopic (exact) mass is 576 g/mol. The summed E-state index contributed by atoms with van der Waals surface area (Å²) in [5.74, 6) is -0.307. The fourth-order valence-electron chi connectivity index (χ4n) is 7.34. The molecule has 3 aliphatic heterocycles. The molecule has 0 N–H and O–H groups in total. The van der Waals surface area contributed by atoms with Crippen LogP contribution in [0.4, 0.5) is 5.69 Å². The molecule has 3 heterocycles. The minimum absolute atomic E-state index is 0.0203. The van der Waals surface area contributed by atoms with Crippen LogP contribution >= 0.6 is 0 Å². The molecule has 6 rings (SSSR count). The fraction of sp³-hybridized carbons (Fsp3) is 0.351. The number of hydrogen-bond acceptors (Lipinski definition) is 4. The number of carbonyl (C=O) groups excluding carboxylic acids is 2. The molecule has 0 spiro atoms. The molecule has 2 saturated heterocycles. The Labute approximate surface area is 255 Å². The van der Waals surface area contributed by atoms with Crippen LogP contribution in [0.2, 0.25) is 0 Å². The Kier molecular flexibility index (Phi) is 8.08. The lowest BCUT2D eigenvalue weighted by Crippen LogP contribution is -2.61. The number of unbranched alkanes of at least 4 members (excludes halogenated alkanes) is 1. The third kappa shape index (κ3) is 5.13. The Hall–Kier alpha value is -4.00. The highest BCUT2D eigenvalue weighted by Crippen LogP contribution is 2.48. The molecular formula is C37H42N3O3+. The maximum Gasteiger partial charge on any atom is 0.339 e. The number of carbonyl (C=O) groups is 2. The van der Waals surface area contributed by atoms with Crippen LogP contribution in [0.25, 0.3) is 5.57 Å². The quantitative estimate of drug-likeness (QED) is 0.156. The zero-order valence-electron chi connectivity index (χ0n) is 25.4. The number of allylic oxidation sites excluding steroid dienone is 2. The molecule has 1 amide bonds. The van der Waals surface area contributed by atoms with Gasteiger partial charge in [-0.2, -0.15) is 9.60 Å². The van der Waals surface area contributed by atoms with E-state index >= 15 is 0 Å². The van der Waals surface area contributed by atoms with Crippen LogP contribution in [0.15, 0.2) is 103 Å². The lowest BCUT2D eigenvalue weighted by Gasteiger charge is -2.41. The molecule has 0 aliphatic carbocycles. The Balaban J connectivity index is 1.60. The SMILES string of the molecule is C=CCCC[C@]1(C)C/C(CC)=C(\c2ccccc2)c2ccccc2N2C(=O)[C@@H]3CCC[N+]3(Cc3ccccc3)N2OC1=O. The molecule has 1 unspecified atom stereocenters. The first-order valence-electron chi connectivity index (χ1n) is 15.7. The largest absolute Gasteiger partial charge is 0.339 e. The first kappa shape index (κ1) is 29.1. The molecule has 6 heteroatoms. The number of hydrazine groups is 1. The van der Waals surface area contributed by atoms with Crippen molar-refractivity contribution in [2.24, 2.45) is 5.41 Å². The maximum absolute atomic E-state index is 14.6. The summed E-state index contributed by atoms with van der Waals surface area (Å²) < 4.78 is 0.261. The smallest absolute Gasteiger partial charge is 0.303 e. The van der Waals surface area contributed by atoms with Gasteiger partial charge in [-0.05, 0) is 56.2 Å². The molecule has 6 nitrogen and oxygen atoms in total. The number of benzene rings is 3. The maximum atomic E-state index is 14.6. The molecule has 43 heavy (non-hydrogen) atoms. The van der Waals surface area contributed by atoms with Gasteiger partial charge in [-0.1, -0.05) is 97.4 Å². The van der Waals surface area contributed by atoms with E-state index in [0.717, 1.165) is 60.1 Å². The molecule has 3 aromatic carbocycles. The predicted octanol–water partition coefficient (Wildman–Crippen LogP) is 7.78. The number of anilines is 1. The van der Waals surface area contributed by atoms with Crippen molar-refractivity contribution in [3.05, 3.63) is 120 Å². The normalized spacial score (nSPS) is 27.3. The van der Waals surface area contributed by atoms with Crippen molar-refractivity contribution in [2.45, 2.75) is 71.4 Å². The summed E-state index contributed by atoms with van der Waals surface area (Å²) in [7, 11) is 0. The van der Waals surface area contributed by atoms with E-state index in [1.807, 2.05) is 55.5 Å². The highest BCUT2D eigenvalue weighted by molar-refractivity contribution is 6.01. The van der Waals surface area contributed by atoms with Crippen molar-refractivity contribution in [1.29, 1.82) is 0 Å². The Morgan fingerprint density at radius 2 is 1.70 bits per heavy atom. The number of para-hydroxylation sites is 1. The van der Waals surface area contributed by atoms with Gasteiger partial charge in [0.05, 0.1) is 11.1 Å². The summed E-state index contributed by atoms with van der Waals surface area (Å²) in [6.45, 7) is 9.39. The highest BCUT2D eigenvalue weighted by Gasteiger charge is 2.65. The van der Waals surface area contributed by atoms with Crippen molar-refractivity contribution in [3.8, 4) is 0 Å². The third-order valence-corrected chi connectivity index (χ3v) is 9.55. The molecular weight excluding hydrogens is 534 g/mol. The van der Waals surface area contributed by atoms with E-state index in [1.54, 1.807) is 10.3 Å². The van der Waals surface area contributed by atoms with E-state index in [2.05, 4.69) is 56.0 Å². The van der Waals surface area contributed by atoms with Gasteiger partial charge in [0.2, 0.25) is 0 Å². The summed E-state index contributed by atoms with van der Waals surface area (Å²) in [5.41, 5.74) is 5.42. The summed E-state index contributed by atoms with van der Waals surface area (Å²) in [6, 6.07) is 28.4. The Bertz CT molecular complexity index is 1530. The molecule has 0 aromatic heterocycles. The molecule has 3 aliphatic rings. The molecule has 2 fully saturated rings. The summed E-state index contributed by atoms with van der Waals surface area (Å²) in [6.07, 6.45) is 7.21. The first-order chi connectivity index (χ1) is 20.9. The number of rotatable bonds is 8. The van der Waals surface area contributed by atoms with Crippen LogP contribution in [-0.4, -0.2) is 34.3 Å². The second-order valence-corrected chi connectivity index (χ2v) is 12.4. The number of quaternary nitrogens is 1. The first-order valence-corrected chi connectivity index (χ1v) is 15.7. The van der Waals surface area contributed by atoms with E-state index in [-0.39, 0.29) is 22.5 Å². The van der Waals surface area contributed by atoms with Crippen LogP contribution in [0.3, 0.4) is 0 Å². The van der Waals surface area contributed by atoms with Crippen molar-refractivity contribution < 1.29 is 19.0 Å². The number of fused-ring (bicyclic) bond motifs is 5. The fourth-order valence-corrected chi connectivity index (χ4v) is 7.34. The van der Waals surface area contributed by atoms with Gasteiger partial charge in [0, 0.05) is 24.0 Å². The summed E-state index contributed by atoms with van der Waals surface area (Å²) in [5, 5.41) is 3.35. The van der Waals surface area contributed by atoms with Crippen LogP contribution in [0, 0.1) is 5.41 Å². The summed E-state index contributed by atoms with van der Waals surface area (Å²) >= 11 is 0. The lowest BCUT2D eigenvalue weighted by atomic mass is 9.76. The average molecular weight is 577 g/mol. The van der Waals surface area contributed by atoms with Crippen molar-refractivity contribution in [2.75, 3.05) is 11.6 Å². The van der Waals surface area contributed by atoms with Gasteiger partial charge in [-0.3, -0.25) is 4.79 Å². The van der Waals surface area contributed by atoms with Crippen molar-refractivity contribution in [1.82, 2.24) is 5.28 Å². The van der Waals surface area contributed by atoms with Gasteiger partial charge in [-0.15, -0.1) is 6.58 Å². The molecule has 3 aromatic rings. The topological polar surface area (TPSA) is 49.9 Å². The zero-order valence-corrected chi connectivity index (χ0v) is 25.4. The minimum Gasteiger partial charge on any atom is -0.303 e. The van der Waals surface area contributed by atoms with Gasteiger partial charge in [0.25, 0.3) is 0 Å². The Morgan fingerprint density at radius 3 is 2.42 bits per heavy atom. The average Bonchev–Trinajstić information content (AvgIpc) is 3.54. The zero-order chi connectivity index (χ0) is 30.0. The van der Waals surface area contributed by atoms with E-state index in [4.69, 9.17) is 4.84 Å². The van der Waals surface area contributed by atoms with Gasteiger partial charge < -0.3 is 4.84 Å².